The first-order valence-corrected chi connectivity index (χ1v) is 11.9. The number of halogens is 2. The maximum absolute atomic E-state index is 6.55. The molecular formula is C24H26Cl2N6O. The van der Waals surface area contributed by atoms with Gasteiger partial charge in [0.1, 0.15) is 6.54 Å². The highest BCUT2D eigenvalue weighted by Gasteiger charge is 2.28. The molecule has 172 valence electrons. The Morgan fingerprint density at radius 1 is 0.970 bits per heavy atom. The van der Waals surface area contributed by atoms with Crippen LogP contribution in [0.25, 0.3) is 5.69 Å². The molecule has 0 radical (unpaired) electrons. The van der Waals surface area contributed by atoms with E-state index >= 15 is 0 Å². The second-order valence-corrected chi connectivity index (χ2v) is 9.08. The van der Waals surface area contributed by atoms with E-state index in [0.717, 1.165) is 80.1 Å². The molecule has 5 rings (SSSR count). The fraction of sp³-hybridized carbons (Fsp3) is 0.375. The van der Waals surface area contributed by atoms with Crippen molar-refractivity contribution in [3.8, 4) is 5.69 Å². The minimum absolute atomic E-state index is 0.414. The molecular weight excluding hydrogens is 459 g/mol. The van der Waals surface area contributed by atoms with Gasteiger partial charge in [-0.2, -0.15) is 0 Å². The molecule has 0 bridgehead atoms. The van der Waals surface area contributed by atoms with Crippen molar-refractivity contribution in [2.75, 3.05) is 51.3 Å². The lowest BCUT2D eigenvalue weighted by Crippen LogP contribution is -2.47. The van der Waals surface area contributed by atoms with E-state index in [-0.39, 0.29) is 0 Å². The number of benzene rings is 2. The van der Waals surface area contributed by atoms with Gasteiger partial charge in [-0.15, -0.1) is 10.2 Å². The summed E-state index contributed by atoms with van der Waals surface area (Å²) in [5, 5.41) is 10.4. The molecule has 2 aromatic carbocycles. The number of hydrogen-bond acceptors (Lipinski definition) is 6. The molecule has 33 heavy (non-hydrogen) atoms. The Hall–Kier alpha value is -2.45. The van der Waals surface area contributed by atoms with Gasteiger partial charge in [0.05, 0.1) is 11.4 Å². The van der Waals surface area contributed by atoms with Crippen LogP contribution in [-0.2, 0) is 11.3 Å². The molecule has 3 heterocycles. The number of ether oxygens (including phenoxy) is 1. The van der Waals surface area contributed by atoms with Gasteiger partial charge in [0, 0.05) is 67.6 Å². The number of aliphatic imine (C=N–C) groups is 1. The summed E-state index contributed by atoms with van der Waals surface area (Å²) in [5.74, 6) is 1.65. The highest BCUT2D eigenvalue weighted by atomic mass is 35.5. The molecule has 9 heteroatoms. The molecule has 0 unspecified atom stereocenters. The van der Waals surface area contributed by atoms with Gasteiger partial charge in [0.2, 0.25) is 5.95 Å². The van der Waals surface area contributed by atoms with Crippen LogP contribution < -0.4 is 4.90 Å². The quantitative estimate of drug-likeness (QED) is 0.493. The minimum atomic E-state index is 0.414. The van der Waals surface area contributed by atoms with Gasteiger partial charge in [0.15, 0.2) is 5.82 Å². The molecule has 1 fully saturated rings. The molecule has 0 atom stereocenters. The highest BCUT2D eigenvalue weighted by molar-refractivity contribution is 6.36. The molecule has 0 N–H and O–H groups in total. The third-order valence-electron chi connectivity index (χ3n) is 6.15. The lowest BCUT2D eigenvalue weighted by Gasteiger charge is -2.35. The number of methoxy groups -OCH3 is 1. The van der Waals surface area contributed by atoms with E-state index in [4.69, 9.17) is 32.9 Å². The average Bonchev–Trinajstić information content (AvgIpc) is 3.18. The fourth-order valence-corrected chi connectivity index (χ4v) is 4.87. The van der Waals surface area contributed by atoms with Crippen molar-refractivity contribution in [2.24, 2.45) is 4.99 Å². The Balaban J connectivity index is 1.48. The summed E-state index contributed by atoms with van der Waals surface area (Å²) in [7, 11) is 1.75. The summed E-state index contributed by atoms with van der Waals surface area (Å²) in [4.78, 5) is 9.68. The maximum Gasteiger partial charge on any atom is 0.232 e. The van der Waals surface area contributed by atoms with Crippen molar-refractivity contribution in [1.82, 2.24) is 19.7 Å². The van der Waals surface area contributed by atoms with E-state index in [0.29, 0.717) is 16.6 Å². The van der Waals surface area contributed by atoms with Gasteiger partial charge in [0.25, 0.3) is 0 Å². The maximum atomic E-state index is 6.55. The third kappa shape index (κ3) is 4.51. The molecule has 3 aromatic rings. The fourth-order valence-electron chi connectivity index (χ4n) is 4.48. The van der Waals surface area contributed by atoms with Crippen molar-refractivity contribution in [3.05, 3.63) is 69.5 Å². The van der Waals surface area contributed by atoms with E-state index in [2.05, 4.69) is 24.6 Å². The zero-order valence-corrected chi connectivity index (χ0v) is 20.1. The molecule has 0 amide bonds. The largest absolute Gasteiger partial charge is 0.385 e. The normalized spacial score (nSPS) is 16.2. The van der Waals surface area contributed by atoms with Crippen molar-refractivity contribution >= 4 is 34.9 Å². The first-order valence-electron chi connectivity index (χ1n) is 11.2. The number of anilines is 1. The number of fused-ring (bicyclic) bond motifs is 3. The molecule has 0 saturated carbocycles. The SMILES string of the molecule is COCCCN1CCN(c2nnc3n2-c2ccc(Cl)cc2C(c2ccccc2Cl)=NC3)CC1. The van der Waals surface area contributed by atoms with E-state index in [1.54, 1.807) is 7.11 Å². The number of aromatic nitrogens is 3. The molecule has 1 saturated heterocycles. The summed E-state index contributed by atoms with van der Waals surface area (Å²) in [5.41, 5.74) is 3.59. The molecule has 7 nitrogen and oxygen atoms in total. The standard InChI is InChI=1S/C24H26Cl2N6O/c1-33-14-4-9-30-10-12-31(13-11-30)24-29-28-22-16-27-23(18-5-2-3-6-20(18)26)19-15-17(25)7-8-21(19)32(22)24/h2-3,5-8,15H,4,9-14,16H2,1H3. The summed E-state index contributed by atoms with van der Waals surface area (Å²) in [6, 6.07) is 13.6. The van der Waals surface area contributed by atoms with Crippen LogP contribution in [0, 0.1) is 0 Å². The first kappa shape index (κ1) is 22.3. The summed E-state index contributed by atoms with van der Waals surface area (Å²) in [6.07, 6.45) is 1.05. The van der Waals surface area contributed by atoms with E-state index in [9.17, 15) is 0 Å². The summed E-state index contributed by atoms with van der Waals surface area (Å²) < 4.78 is 7.31. The van der Waals surface area contributed by atoms with Crippen LogP contribution in [0.5, 0.6) is 0 Å². The second-order valence-electron chi connectivity index (χ2n) is 8.23. The predicted octanol–water partition coefficient (Wildman–Crippen LogP) is 4.08. The number of rotatable bonds is 6. The zero-order valence-electron chi connectivity index (χ0n) is 18.5. The van der Waals surface area contributed by atoms with Gasteiger partial charge in [-0.1, -0.05) is 41.4 Å². The molecule has 0 aliphatic carbocycles. The Morgan fingerprint density at radius 3 is 2.58 bits per heavy atom. The molecule has 1 aromatic heterocycles. The topological polar surface area (TPSA) is 58.8 Å². The number of hydrogen-bond donors (Lipinski definition) is 0. The average molecular weight is 485 g/mol. The number of nitrogens with zero attached hydrogens (tertiary/aromatic N) is 6. The monoisotopic (exact) mass is 484 g/mol. The smallest absolute Gasteiger partial charge is 0.232 e. The third-order valence-corrected chi connectivity index (χ3v) is 6.72. The lowest BCUT2D eigenvalue weighted by molar-refractivity contribution is 0.168. The van der Waals surface area contributed by atoms with Crippen LogP contribution >= 0.6 is 23.2 Å². The van der Waals surface area contributed by atoms with Crippen LogP contribution in [0.15, 0.2) is 47.5 Å². The van der Waals surface area contributed by atoms with Crippen LogP contribution in [0.1, 0.15) is 23.4 Å². The Bertz CT molecular complexity index is 1170. The van der Waals surface area contributed by atoms with Crippen molar-refractivity contribution in [1.29, 1.82) is 0 Å². The molecule has 2 aliphatic rings. The zero-order chi connectivity index (χ0) is 22.8. The molecule has 2 aliphatic heterocycles. The highest BCUT2D eigenvalue weighted by Crippen LogP contribution is 2.32. The predicted molar refractivity (Wildman–Crippen MR) is 132 cm³/mol. The Morgan fingerprint density at radius 2 is 1.79 bits per heavy atom. The summed E-state index contributed by atoms with van der Waals surface area (Å²) in [6.45, 7) is 6.03. The van der Waals surface area contributed by atoms with Gasteiger partial charge in [-0.3, -0.25) is 14.5 Å². The van der Waals surface area contributed by atoms with Crippen LogP contribution in [0.3, 0.4) is 0 Å². The second kappa shape index (κ2) is 9.81. The van der Waals surface area contributed by atoms with Crippen LogP contribution in [0.2, 0.25) is 10.0 Å². The van der Waals surface area contributed by atoms with Crippen LogP contribution in [0.4, 0.5) is 5.95 Å². The van der Waals surface area contributed by atoms with Crippen LogP contribution in [-0.4, -0.2) is 71.8 Å². The van der Waals surface area contributed by atoms with Gasteiger partial charge < -0.3 is 9.64 Å². The lowest BCUT2D eigenvalue weighted by atomic mass is 10.0. The van der Waals surface area contributed by atoms with E-state index in [1.807, 2.05) is 42.5 Å². The van der Waals surface area contributed by atoms with Crippen molar-refractivity contribution in [3.63, 3.8) is 0 Å². The minimum Gasteiger partial charge on any atom is -0.385 e. The van der Waals surface area contributed by atoms with E-state index in [1.165, 1.54) is 0 Å². The Kier molecular flexibility index (Phi) is 6.64. The Labute approximate surface area is 203 Å². The van der Waals surface area contributed by atoms with E-state index < -0.39 is 0 Å². The van der Waals surface area contributed by atoms with Crippen molar-refractivity contribution < 1.29 is 4.74 Å². The van der Waals surface area contributed by atoms with Gasteiger partial charge in [-0.25, -0.2) is 0 Å². The summed E-state index contributed by atoms with van der Waals surface area (Å²) >= 11 is 13.0. The first-order chi connectivity index (χ1) is 16.2. The molecule has 0 spiro atoms. The van der Waals surface area contributed by atoms with Crippen molar-refractivity contribution in [2.45, 2.75) is 13.0 Å². The van der Waals surface area contributed by atoms with Gasteiger partial charge in [-0.05, 0) is 30.7 Å². The number of piperazine rings is 1. The van der Waals surface area contributed by atoms with Gasteiger partial charge >= 0.3 is 0 Å².